The summed E-state index contributed by atoms with van der Waals surface area (Å²) >= 11 is 12.0. The van der Waals surface area contributed by atoms with Gasteiger partial charge in [-0.25, -0.2) is 9.97 Å². The number of aryl methyl sites for hydroxylation is 2. The zero-order valence-electron chi connectivity index (χ0n) is 11.8. The van der Waals surface area contributed by atoms with Crippen molar-refractivity contribution in [2.45, 2.75) is 25.8 Å². The maximum absolute atomic E-state index is 6.02. The van der Waals surface area contributed by atoms with E-state index < -0.39 is 0 Å². The molecule has 0 N–H and O–H groups in total. The molecule has 3 rings (SSSR count). The largest absolute Gasteiger partial charge is 0.307 e. The minimum Gasteiger partial charge on any atom is -0.307 e. The molecule has 0 fully saturated rings. The molecule has 0 aliphatic heterocycles. The summed E-state index contributed by atoms with van der Waals surface area (Å²) in [5.41, 5.74) is 3.79. The highest BCUT2D eigenvalue weighted by molar-refractivity contribution is 6.31. The molecule has 0 saturated carbocycles. The molecule has 0 bridgehead atoms. The third-order valence-electron chi connectivity index (χ3n) is 3.41. The predicted molar refractivity (Wildman–Crippen MR) is 83.8 cm³/mol. The highest BCUT2D eigenvalue weighted by atomic mass is 35.5. The van der Waals surface area contributed by atoms with Gasteiger partial charge in [0.25, 0.3) is 0 Å². The van der Waals surface area contributed by atoms with Gasteiger partial charge in [-0.2, -0.15) is 5.10 Å². The standard InChI is InChI=1S/C14H15Cl2N5/c1-3-11-9(7-20(2)19-11)8-21-13(5-15)18-12-4-10(16)6-17-14(12)21/h4,6-7H,3,5,8H2,1-2H3. The van der Waals surface area contributed by atoms with Crippen LogP contribution < -0.4 is 0 Å². The number of alkyl halides is 1. The van der Waals surface area contributed by atoms with Crippen LogP contribution >= 0.6 is 23.2 Å². The first kappa shape index (κ1) is 14.4. The molecule has 0 radical (unpaired) electrons. The molecule has 110 valence electrons. The first-order chi connectivity index (χ1) is 10.1. The smallest absolute Gasteiger partial charge is 0.160 e. The Hall–Kier alpha value is -1.59. The SMILES string of the molecule is CCc1nn(C)cc1Cn1c(CCl)nc2cc(Cl)cnc21. The van der Waals surface area contributed by atoms with Crippen LogP contribution in [0.4, 0.5) is 0 Å². The van der Waals surface area contributed by atoms with Crippen LogP contribution in [0.1, 0.15) is 24.0 Å². The Morgan fingerprint density at radius 2 is 2.14 bits per heavy atom. The number of fused-ring (bicyclic) bond motifs is 1. The lowest BCUT2D eigenvalue weighted by atomic mass is 10.2. The lowest BCUT2D eigenvalue weighted by Gasteiger charge is -2.06. The third kappa shape index (κ3) is 2.63. The molecule has 0 spiro atoms. The van der Waals surface area contributed by atoms with Crippen molar-refractivity contribution in [3.05, 3.63) is 40.6 Å². The summed E-state index contributed by atoms with van der Waals surface area (Å²) in [5.74, 6) is 1.11. The molecule has 21 heavy (non-hydrogen) atoms. The molecule has 3 heterocycles. The van der Waals surface area contributed by atoms with Gasteiger partial charge < -0.3 is 4.57 Å². The first-order valence-corrected chi connectivity index (χ1v) is 7.61. The van der Waals surface area contributed by atoms with Crippen molar-refractivity contribution in [3.8, 4) is 0 Å². The Morgan fingerprint density at radius 1 is 1.33 bits per heavy atom. The van der Waals surface area contributed by atoms with E-state index in [0.717, 1.165) is 34.7 Å². The van der Waals surface area contributed by atoms with Gasteiger partial charge in [0, 0.05) is 25.0 Å². The maximum Gasteiger partial charge on any atom is 0.160 e. The quantitative estimate of drug-likeness (QED) is 0.693. The fraction of sp³-hybridized carbons (Fsp3) is 0.357. The number of hydrogen-bond acceptors (Lipinski definition) is 3. The maximum atomic E-state index is 6.02. The van der Waals surface area contributed by atoms with Gasteiger partial charge in [0.05, 0.1) is 23.1 Å². The highest BCUT2D eigenvalue weighted by Crippen LogP contribution is 2.21. The minimum atomic E-state index is 0.329. The van der Waals surface area contributed by atoms with Crippen molar-refractivity contribution in [2.75, 3.05) is 0 Å². The van der Waals surface area contributed by atoms with Gasteiger partial charge in [0.1, 0.15) is 11.3 Å². The molecule has 0 saturated heterocycles. The van der Waals surface area contributed by atoms with Crippen LogP contribution in [0.25, 0.3) is 11.2 Å². The fourth-order valence-corrected chi connectivity index (χ4v) is 2.84. The van der Waals surface area contributed by atoms with E-state index in [-0.39, 0.29) is 0 Å². The summed E-state index contributed by atoms with van der Waals surface area (Å²) in [6.07, 6.45) is 4.54. The number of rotatable bonds is 4. The van der Waals surface area contributed by atoms with Crippen molar-refractivity contribution in [1.82, 2.24) is 24.3 Å². The normalized spacial score (nSPS) is 11.4. The van der Waals surface area contributed by atoms with Crippen molar-refractivity contribution in [2.24, 2.45) is 7.05 Å². The van der Waals surface area contributed by atoms with E-state index in [4.69, 9.17) is 23.2 Å². The number of pyridine rings is 1. The van der Waals surface area contributed by atoms with E-state index in [0.29, 0.717) is 17.4 Å². The van der Waals surface area contributed by atoms with Gasteiger partial charge in [-0.05, 0) is 12.5 Å². The summed E-state index contributed by atoms with van der Waals surface area (Å²) in [5, 5.41) is 5.04. The van der Waals surface area contributed by atoms with Crippen molar-refractivity contribution < 1.29 is 0 Å². The Bertz CT molecular complexity index is 790. The van der Waals surface area contributed by atoms with E-state index >= 15 is 0 Å². The van der Waals surface area contributed by atoms with Crippen LogP contribution in [0.3, 0.4) is 0 Å². The lowest BCUT2D eigenvalue weighted by Crippen LogP contribution is -2.05. The van der Waals surface area contributed by atoms with E-state index in [1.807, 2.05) is 22.5 Å². The Balaban J connectivity index is 2.10. The fourth-order valence-electron chi connectivity index (χ4n) is 2.49. The number of nitrogens with zero attached hydrogens (tertiary/aromatic N) is 5. The Morgan fingerprint density at radius 3 is 2.86 bits per heavy atom. The van der Waals surface area contributed by atoms with Gasteiger partial charge in [0.15, 0.2) is 5.65 Å². The molecule has 3 aromatic heterocycles. The van der Waals surface area contributed by atoms with Crippen LogP contribution in [0.2, 0.25) is 5.02 Å². The predicted octanol–water partition coefficient (Wildman–Crippen LogP) is 3.17. The Labute approximate surface area is 132 Å². The summed E-state index contributed by atoms with van der Waals surface area (Å²) < 4.78 is 3.85. The molecule has 0 aliphatic carbocycles. The molecule has 3 aromatic rings. The third-order valence-corrected chi connectivity index (χ3v) is 3.85. The van der Waals surface area contributed by atoms with E-state index in [1.54, 1.807) is 12.3 Å². The lowest BCUT2D eigenvalue weighted by molar-refractivity contribution is 0.746. The number of halogens is 2. The minimum absolute atomic E-state index is 0.329. The molecule has 0 aromatic carbocycles. The van der Waals surface area contributed by atoms with Crippen LogP contribution in [0.15, 0.2) is 18.5 Å². The summed E-state index contributed by atoms with van der Waals surface area (Å²) in [7, 11) is 1.93. The summed E-state index contributed by atoms with van der Waals surface area (Å²) in [6.45, 7) is 2.75. The Kier molecular flexibility index (Phi) is 3.87. The molecule has 0 aliphatic rings. The monoisotopic (exact) mass is 323 g/mol. The topological polar surface area (TPSA) is 48.5 Å². The molecular formula is C14H15Cl2N5. The molecule has 0 amide bonds. The average Bonchev–Trinajstić information content (AvgIpc) is 2.99. The second-order valence-electron chi connectivity index (χ2n) is 4.87. The van der Waals surface area contributed by atoms with Gasteiger partial charge in [0.2, 0.25) is 0 Å². The number of imidazole rings is 1. The number of hydrogen-bond donors (Lipinski definition) is 0. The molecule has 0 atom stereocenters. The van der Waals surface area contributed by atoms with Gasteiger partial charge in [-0.3, -0.25) is 4.68 Å². The van der Waals surface area contributed by atoms with Crippen molar-refractivity contribution in [3.63, 3.8) is 0 Å². The van der Waals surface area contributed by atoms with Crippen LogP contribution in [-0.4, -0.2) is 24.3 Å². The van der Waals surface area contributed by atoms with E-state index in [1.165, 1.54) is 0 Å². The second kappa shape index (κ2) is 5.66. The van der Waals surface area contributed by atoms with Gasteiger partial charge >= 0.3 is 0 Å². The molecule has 0 unspecified atom stereocenters. The van der Waals surface area contributed by atoms with E-state index in [2.05, 4.69) is 22.0 Å². The second-order valence-corrected chi connectivity index (χ2v) is 5.58. The van der Waals surface area contributed by atoms with E-state index in [9.17, 15) is 0 Å². The highest BCUT2D eigenvalue weighted by Gasteiger charge is 2.14. The average molecular weight is 324 g/mol. The van der Waals surface area contributed by atoms with Crippen LogP contribution in [-0.2, 0) is 25.9 Å². The number of aromatic nitrogens is 5. The van der Waals surface area contributed by atoms with Gasteiger partial charge in [-0.1, -0.05) is 18.5 Å². The molecule has 7 heteroatoms. The zero-order chi connectivity index (χ0) is 15.0. The summed E-state index contributed by atoms with van der Waals surface area (Å²) in [4.78, 5) is 8.90. The zero-order valence-corrected chi connectivity index (χ0v) is 13.4. The molecule has 5 nitrogen and oxygen atoms in total. The van der Waals surface area contributed by atoms with Gasteiger partial charge in [-0.15, -0.1) is 11.6 Å². The molecular weight excluding hydrogens is 309 g/mol. The van der Waals surface area contributed by atoms with Crippen molar-refractivity contribution >= 4 is 34.4 Å². The van der Waals surface area contributed by atoms with Crippen LogP contribution in [0, 0.1) is 0 Å². The summed E-state index contributed by atoms with van der Waals surface area (Å²) in [6, 6.07) is 1.81. The first-order valence-electron chi connectivity index (χ1n) is 6.70. The van der Waals surface area contributed by atoms with Crippen LogP contribution in [0.5, 0.6) is 0 Å². The van der Waals surface area contributed by atoms with Crippen molar-refractivity contribution in [1.29, 1.82) is 0 Å².